The Morgan fingerprint density at radius 1 is 1.41 bits per heavy atom. The summed E-state index contributed by atoms with van der Waals surface area (Å²) in [7, 11) is 0. The zero-order valence-electron chi connectivity index (χ0n) is 10.3. The van der Waals surface area contributed by atoms with E-state index in [-0.39, 0.29) is 0 Å². The van der Waals surface area contributed by atoms with Crippen LogP contribution in [0.3, 0.4) is 0 Å². The summed E-state index contributed by atoms with van der Waals surface area (Å²) >= 11 is 6.13. The SMILES string of the molecule is CCC1CCNC(/C=C/c2ccccc2Cl)C1. The minimum atomic E-state index is 0.505. The first-order valence-electron chi connectivity index (χ1n) is 6.45. The number of hydrogen-bond donors (Lipinski definition) is 1. The van der Waals surface area contributed by atoms with E-state index in [1.54, 1.807) is 0 Å². The van der Waals surface area contributed by atoms with Crippen molar-refractivity contribution in [2.24, 2.45) is 5.92 Å². The molecular formula is C15H20ClN. The van der Waals surface area contributed by atoms with E-state index < -0.39 is 0 Å². The summed E-state index contributed by atoms with van der Waals surface area (Å²) in [5.41, 5.74) is 1.11. The monoisotopic (exact) mass is 249 g/mol. The molecule has 1 N–H and O–H groups in total. The highest BCUT2D eigenvalue weighted by Crippen LogP contribution is 2.21. The van der Waals surface area contributed by atoms with Gasteiger partial charge < -0.3 is 5.32 Å². The second kappa shape index (κ2) is 6.23. The first kappa shape index (κ1) is 12.7. The molecule has 1 aromatic carbocycles. The van der Waals surface area contributed by atoms with E-state index in [9.17, 15) is 0 Å². The van der Waals surface area contributed by atoms with Crippen molar-refractivity contribution >= 4 is 17.7 Å². The van der Waals surface area contributed by atoms with Gasteiger partial charge in [-0.25, -0.2) is 0 Å². The van der Waals surface area contributed by atoms with Crippen LogP contribution in [0.25, 0.3) is 6.08 Å². The molecule has 1 nitrogen and oxygen atoms in total. The number of nitrogens with one attached hydrogen (secondary N) is 1. The number of rotatable bonds is 3. The van der Waals surface area contributed by atoms with Crippen LogP contribution in [0.2, 0.25) is 5.02 Å². The fourth-order valence-electron chi connectivity index (χ4n) is 2.38. The van der Waals surface area contributed by atoms with Crippen LogP contribution in [0.5, 0.6) is 0 Å². The fourth-order valence-corrected chi connectivity index (χ4v) is 2.58. The van der Waals surface area contributed by atoms with Crippen LogP contribution in [0.1, 0.15) is 31.7 Å². The minimum absolute atomic E-state index is 0.505. The summed E-state index contributed by atoms with van der Waals surface area (Å²) < 4.78 is 0. The Morgan fingerprint density at radius 3 is 3.00 bits per heavy atom. The van der Waals surface area contributed by atoms with Gasteiger partial charge in [-0.2, -0.15) is 0 Å². The van der Waals surface area contributed by atoms with Crippen molar-refractivity contribution in [3.63, 3.8) is 0 Å². The molecule has 0 aliphatic carbocycles. The quantitative estimate of drug-likeness (QED) is 0.849. The highest BCUT2D eigenvalue weighted by Gasteiger charge is 2.17. The zero-order valence-corrected chi connectivity index (χ0v) is 11.1. The summed E-state index contributed by atoms with van der Waals surface area (Å²) in [5.74, 6) is 0.872. The molecule has 1 aliphatic rings. The summed E-state index contributed by atoms with van der Waals surface area (Å²) in [6.45, 7) is 3.42. The summed E-state index contributed by atoms with van der Waals surface area (Å²) in [6.07, 6.45) is 8.24. The van der Waals surface area contributed by atoms with E-state index in [1.165, 1.54) is 19.3 Å². The molecule has 0 spiro atoms. The maximum absolute atomic E-state index is 6.13. The van der Waals surface area contributed by atoms with Crippen molar-refractivity contribution in [1.29, 1.82) is 0 Å². The Morgan fingerprint density at radius 2 is 2.24 bits per heavy atom. The minimum Gasteiger partial charge on any atom is -0.310 e. The first-order chi connectivity index (χ1) is 8.29. The number of hydrogen-bond acceptors (Lipinski definition) is 1. The third-order valence-electron chi connectivity index (χ3n) is 3.54. The van der Waals surface area contributed by atoms with Crippen LogP contribution in [0.15, 0.2) is 30.3 Å². The van der Waals surface area contributed by atoms with E-state index in [2.05, 4.69) is 30.5 Å². The maximum Gasteiger partial charge on any atom is 0.0478 e. The van der Waals surface area contributed by atoms with Crippen molar-refractivity contribution in [2.75, 3.05) is 6.54 Å². The molecule has 0 radical (unpaired) electrons. The van der Waals surface area contributed by atoms with Gasteiger partial charge in [-0.15, -0.1) is 0 Å². The molecular weight excluding hydrogens is 230 g/mol. The van der Waals surface area contributed by atoms with Crippen molar-refractivity contribution in [3.05, 3.63) is 40.9 Å². The molecule has 0 amide bonds. The lowest BCUT2D eigenvalue weighted by Gasteiger charge is -2.27. The molecule has 0 bridgehead atoms. The van der Waals surface area contributed by atoms with Gasteiger partial charge in [0.25, 0.3) is 0 Å². The lowest BCUT2D eigenvalue weighted by atomic mass is 9.90. The van der Waals surface area contributed by atoms with E-state index in [0.717, 1.165) is 23.0 Å². The van der Waals surface area contributed by atoms with E-state index in [4.69, 9.17) is 11.6 Å². The van der Waals surface area contributed by atoms with E-state index in [1.807, 2.05) is 18.2 Å². The Hall–Kier alpha value is -0.790. The normalized spacial score (nSPS) is 25.3. The molecule has 0 aromatic heterocycles. The van der Waals surface area contributed by atoms with Crippen LogP contribution in [-0.2, 0) is 0 Å². The second-order valence-corrected chi connectivity index (χ2v) is 5.15. The molecule has 0 saturated carbocycles. The fraction of sp³-hybridized carbons (Fsp3) is 0.467. The topological polar surface area (TPSA) is 12.0 Å². The van der Waals surface area contributed by atoms with Crippen molar-refractivity contribution < 1.29 is 0 Å². The lowest BCUT2D eigenvalue weighted by Crippen LogP contribution is -2.36. The molecule has 1 aromatic rings. The zero-order chi connectivity index (χ0) is 12.1. The number of halogens is 1. The largest absolute Gasteiger partial charge is 0.310 e. The van der Waals surface area contributed by atoms with Gasteiger partial charge in [0.2, 0.25) is 0 Å². The molecule has 2 atom stereocenters. The van der Waals surface area contributed by atoms with Gasteiger partial charge in [-0.3, -0.25) is 0 Å². The molecule has 1 heterocycles. The predicted molar refractivity (Wildman–Crippen MR) is 75.3 cm³/mol. The maximum atomic E-state index is 6.13. The smallest absolute Gasteiger partial charge is 0.0478 e. The molecule has 2 heteroatoms. The molecule has 2 unspecified atom stereocenters. The number of piperidine rings is 1. The Kier molecular flexibility index (Phi) is 4.64. The van der Waals surface area contributed by atoms with Gasteiger partial charge in [0, 0.05) is 11.1 Å². The Balaban J connectivity index is 1.98. The average Bonchev–Trinajstić information content (AvgIpc) is 2.38. The highest BCUT2D eigenvalue weighted by atomic mass is 35.5. The summed E-state index contributed by atoms with van der Waals surface area (Å²) in [6, 6.07) is 8.48. The van der Waals surface area contributed by atoms with Crippen molar-refractivity contribution in [3.8, 4) is 0 Å². The standard InChI is InChI=1S/C15H20ClN/c1-2-12-9-10-17-14(11-12)8-7-13-5-3-4-6-15(13)16/h3-8,12,14,17H,2,9-11H2,1H3/b8-7+. The molecule has 1 aliphatic heterocycles. The second-order valence-electron chi connectivity index (χ2n) is 4.74. The predicted octanol–water partition coefficient (Wildman–Crippen LogP) is 4.13. The average molecular weight is 250 g/mol. The van der Waals surface area contributed by atoms with Crippen molar-refractivity contribution in [2.45, 2.75) is 32.2 Å². The van der Waals surface area contributed by atoms with Crippen LogP contribution in [0.4, 0.5) is 0 Å². The van der Waals surface area contributed by atoms with Gasteiger partial charge in [-0.1, -0.05) is 55.3 Å². The van der Waals surface area contributed by atoms with Crippen LogP contribution in [0, 0.1) is 5.92 Å². The van der Waals surface area contributed by atoms with Crippen LogP contribution < -0.4 is 5.32 Å². The van der Waals surface area contributed by atoms with E-state index in [0.29, 0.717) is 6.04 Å². The van der Waals surface area contributed by atoms with Crippen LogP contribution in [-0.4, -0.2) is 12.6 Å². The molecule has 17 heavy (non-hydrogen) atoms. The van der Waals surface area contributed by atoms with Gasteiger partial charge in [0.1, 0.15) is 0 Å². The molecule has 2 rings (SSSR count). The Labute approximate surface area is 109 Å². The third kappa shape index (κ3) is 3.58. The van der Waals surface area contributed by atoms with Gasteiger partial charge in [0.15, 0.2) is 0 Å². The summed E-state index contributed by atoms with van der Waals surface area (Å²) in [4.78, 5) is 0. The third-order valence-corrected chi connectivity index (χ3v) is 3.88. The van der Waals surface area contributed by atoms with Crippen LogP contribution >= 0.6 is 11.6 Å². The molecule has 1 saturated heterocycles. The van der Waals surface area contributed by atoms with E-state index >= 15 is 0 Å². The van der Waals surface area contributed by atoms with Gasteiger partial charge in [0.05, 0.1) is 0 Å². The van der Waals surface area contributed by atoms with Crippen molar-refractivity contribution in [1.82, 2.24) is 5.32 Å². The Bertz CT molecular complexity index is 386. The molecule has 1 fully saturated rings. The van der Waals surface area contributed by atoms with Gasteiger partial charge >= 0.3 is 0 Å². The highest BCUT2D eigenvalue weighted by molar-refractivity contribution is 6.32. The molecule has 92 valence electrons. The lowest BCUT2D eigenvalue weighted by molar-refractivity contribution is 0.326. The van der Waals surface area contributed by atoms with Gasteiger partial charge in [-0.05, 0) is 36.9 Å². The first-order valence-corrected chi connectivity index (χ1v) is 6.83. The number of benzene rings is 1. The summed E-state index contributed by atoms with van der Waals surface area (Å²) in [5, 5.41) is 4.37.